The summed E-state index contributed by atoms with van der Waals surface area (Å²) in [5.74, 6) is 2.37. The number of hydrogen-bond acceptors (Lipinski definition) is 1. The minimum Gasteiger partial charge on any atom is -0.457 e. The summed E-state index contributed by atoms with van der Waals surface area (Å²) >= 11 is 0. The molecule has 2 heteroatoms. The molecule has 0 atom stereocenters. The van der Waals surface area contributed by atoms with E-state index in [1.54, 1.807) is 0 Å². The lowest BCUT2D eigenvalue weighted by Gasteiger charge is -2.18. The van der Waals surface area contributed by atoms with Gasteiger partial charge in [0.1, 0.15) is 11.5 Å². The fourth-order valence-electron chi connectivity index (χ4n) is 2.27. The molecule has 0 aliphatic rings. The molecule has 0 unspecified atom stereocenters. The van der Waals surface area contributed by atoms with E-state index in [4.69, 9.17) is 4.74 Å². The van der Waals surface area contributed by atoms with Crippen LogP contribution in [0.4, 0.5) is 0 Å². The molecule has 0 radical (unpaired) electrons. The Morgan fingerprint density at radius 1 is 0.842 bits per heavy atom. The van der Waals surface area contributed by atoms with E-state index in [1.165, 1.54) is 16.7 Å². The lowest BCUT2D eigenvalue weighted by molar-refractivity contribution is 0.468. The Balaban J connectivity index is 0.00000180. The lowest BCUT2D eigenvalue weighted by atomic mass is 9.94. The highest BCUT2D eigenvalue weighted by molar-refractivity contribution is 5.49. The highest BCUT2D eigenvalue weighted by Gasteiger charge is 2.14. The molecule has 0 aromatic heterocycles. The molecule has 2 aromatic carbocycles. The summed E-state index contributed by atoms with van der Waals surface area (Å²) in [7, 11) is 0. The van der Waals surface area contributed by atoms with Gasteiger partial charge in [-0.2, -0.15) is 0 Å². The summed E-state index contributed by atoms with van der Waals surface area (Å²) < 4.78 is 6.08. The van der Waals surface area contributed by atoms with Gasteiger partial charge in [0, 0.05) is 5.56 Å². The van der Waals surface area contributed by atoms with E-state index in [9.17, 15) is 0 Å². The normalized spacial score (nSPS) is 10.2. The Kier molecular flexibility index (Phi) is 5.13. The summed E-state index contributed by atoms with van der Waals surface area (Å²) in [5, 5.41) is 0. The molecule has 19 heavy (non-hydrogen) atoms. The predicted octanol–water partition coefficient (Wildman–Crippen LogP) is 4.39. The number of hydrogen-bond donors (Lipinski definition) is 0. The molecule has 0 aliphatic carbocycles. The van der Waals surface area contributed by atoms with E-state index in [-0.39, 0.29) is 5.48 Å². The van der Waals surface area contributed by atoms with Crippen molar-refractivity contribution in [3.05, 3.63) is 59.2 Å². The van der Waals surface area contributed by atoms with Crippen molar-refractivity contribution in [3.63, 3.8) is 0 Å². The van der Waals surface area contributed by atoms with Crippen LogP contribution in [0.25, 0.3) is 0 Å². The molecule has 0 aliphatic heterocycles. The zero-order valence-corrected chi connectivity index (χ0v) is 12.0. The fourth-order valence-corrected chi connectivity index (χ4v) is 2.27. The van der Waals surface area contributed by atoms with E-state index >= 15 is 0 Å². The summed E-state index contributed by atoms with van der Waals surface area (Å²) in [5.41, 5.74) is 3.79. The summed E-state index contributed by atoms with van der Waals surface area (Å²) in [4.78, 5) is 0. The van der Waals surface area contributed by atoms with Gasteiger partial charge < -0.3 is 10.2 Å². The topological polar surface area (TPSA) is 40.7 Å². The van der Waals surface area contributed by atoms with Gasteiger partial charge in [0.05, 0.1) is 0 Å². The maximum Gasteiger partial charge on any atom is 0.134 e. The van der Waals surface area contributed by atoms with Crippen LogP contribution in [0.3, 0.4) is 0 Å². The Bertz CT molecular complexity index is 530. The first kappa shape index (κ1) is 15.3. The van der Waals surface area contributed by atoms with Crippen LogP contribution in [0.5, 0.6) is 11.5 Å². The molecule has 0 saturated heterocycles. The van der Waals surface area contributed by atoms with E-state index in [2.05, 4.69) is 39.8 Å². The highest BCUT2D eigenvalue weighted by atomic mass is 16.5. The Morgan fingerprint density at radius 3 is 2.00 bits per heavy atom. The van der Waals surface area contributed by atoms with Gasteiger partial charge in [0.2, 0.25) is 0 Å². The van der Waals surface area contributed by atoms with Gasteiger partial charge in [-0.15, -0.1) is 0 Å². The molecule has 102 valence electrons. The molecule has 0 spiro atoms. The van der Waals surface area contributed by atoms with Crippen LogP contribution in [-0.2, 0) is 0 Å². The van der Waals surface area contributed by atoms with Crippen molar-refractivity contribution in [2.45, 2.75) is 33.6 Å². The third-order valence-electron chi connectivity index (χ3n) is 3.15. The summed E-state index contributed by atoms with van der Waals surface area (Å²) in [6.07, 6.45) is 0. The third-order valence-corrected chi connectivity index (χ3v) is 3.15. The monoisotopic (exact) mass is 258 g/mol. The smallest absolute Gasteiger partial charge is 0.134 e. The SMILES string of the molecule is Cc1ccc(C)c(C(C)C)c1Oc1ccccc1.O. The summed E-state index contributed by atoms with van der Waals surface area (Å²) in [6.45, 7) is 8.66. The van der Waals surface area contributed by atoms with Gasteiger partial charge in [0.15, 0.2) is 0 Å². The second kappa shape index (κ2) is 6.39. The Labute approximate surface area is 115 Å². The molecular formula is C17H22O2. The Hall–Kier alpha value is -1.80. The van der Waals surface area contributed by atoms with Crippen molar-refractivity contribution in [1.29, 1.82) is 0 Å². The molecule has 0 amide bonds. The number of aryl methyl sites for hydroxylation is 2. The number of para-hydroxylation sites is 1. The van der Waals surface area contributed by atoms with Crippen molar-refractivity contribution in [3.8, 4) is 11.5 Å². The molecule has 0 heterocycles. The Morgan fingerprint density at radius 2 is 1.42 bits per heavy atom. The maximum atomic E-state index is 6.08. The fraction of sp³-hybridized carbons (Fsp3) is 0.294. The zero-order valence-electron chi connectivity index (χ0n) is 12.0. The average molecular weight is 258 g/mol. The molecule has 2 aromatic rings. The molecule has 2 rings (SSSR count). The van der Waals surface area contributed by atoms with Crippen LogP contribution < -0.4 is 4.74 Å². The van der Waals surface area contributed by atoms with Gasteiger partial charge in [0.25, 0.3) is 0 Å². The van der Waals surface area contributed by atoms with Crippen molar-refractivity contribution < 1.29 is 10.2 Å². The van der Waals surface area contributed by atoms with Gasteiger partial charge in [-0.05, 0) is 43.0 Å². The van der Waals surface area contributed by atoms with Crippen molar-refractivity contribution in [2.75, 3.05) is 0 Å². The lowest BCUT2D eigenvalue weighted by Crippen LogP contribution is -1.99. The largest absolute Gasteiger partial charge is 0.457 e. The van der Waals surface area contributed by atoms with Crippen LogP contribution in [0.1, 0.15) is 36.5 Å². The van der Waals surface area contributed by atoms with Crippen molar-refractivity contribution in [2.24, 2.45) is 0 Å². The van der Waals surface area contributed by atoms with Gasteiger partial charge >= 0.3 is 0 Å². The van der Waals surface area contributed by atoms with E-state index in [1.807, 2.05) is 30.3 Å². The van der Waals surface area contributed by atoms with Gasteiger partial charge in [-0.25, -0.2) is 0 Å². The van der Waals surface area contributed by atoms with E-state index < -0.39 is 0 Å². The van der Waals surface area contributed by atoms with E-state index in [0.29, 0.717) is 5.92 Å². The first-order valence-electron chi connectivity index (χ1n) is 6.42. The predicted molar refractivity (Wildman–Crippen MR) is 80.1 cm³/mol. The highest BCUT2D eigenvalue weighted by Crippen LogP contribution is 2.35. The minimum atomic E-state index is 0. The van der Waals surface area contributed by atoms with Crippen LogP contribution in [-0.4, -0.2) is 5.48 Å². The number of rotatable bonds is 3. The van der Waals surface area contributed by atoms with Crippen LogP contribution in [0, 0.1) is 13.8 Å². The van der Waals surface area contributed by atoms with Crippen molar-refractivity contribution in [1.82, 2.24) is 0 Å². The molecule has 2 nitrogen and oxygen atoms in total. The van der Waals surface area contributed by atoms with E-state index in [0.717, 1.165) is 11.5 Å². The second-order valence-corrected chi connectivity index (χ2v) is 5.01. The molecular weight excluding hydrogens is 236 g/mol. The first-order valence-corrected chi connectivity index (χ1v) is 6.42. The molecule has 2 N–H and O–H groups in total. The summed E-state index contributed by atoms with van der Waals surface area (Å²) in [6, 6.07) is 14.3. The van der Waals surface area contributed by atoms with Crippen molar-refractivity contribution >= 4 is 0 Å². The van der Waals surface area contributed by atoms with Crippen LogP contribution in [0.2, 0.25) is 0 Å². The average Bonchev–Trinajstić information content (AvgIpc) is 2.35. The van der Waals surface area contributed by atoms with Crippen LogP contribution in [0.15, 0.2) is 42.5 Å². The van der Waals surface area contributed by atoms with Gasteiger partial charge in [-0.1, -0.05) is 44.2 Å². The standard InChI is InChI=1S/C17H20O.H2O/c1-12(2)16-13(3)10-11-14(4)17(16)18-15-8-6-5-7-9-15;/h5-12H,1-4H3;1H2. The zero-order chi connectivity index (χ0) is 13.1. The number of benzene rings is 2. The third kappa shape index (κ3) is 3.36. The molecule has 0 fully saturated rings. The van der Waals surface area contributed by atoms with Gasteiger partial charge in [-0.3, -0.25) is 0 Å². The first-order chi connectivity index (χ1) is 8.59. The second-order valence-electron chi connectivity index (χ2n) is 5.01. The molecule has 0 bridgehead atoms. The molecule has 0 saturated carbocycles. The van der Waals surface area contributed by atoms with Crippen LogP contribution >= 0.6 is 0 Å². The quantitative estimate of drug-likeness (QED) is 0.804. The minimum absolute atomic E-state index is 0. The number of ether oxygens (including phenoxy) is 1. The maximum absolute atomic E-state index is 6.08.